The number of nitrogens with one attached hydrogen (secondary N) is 1. The van der Waals surface area contributed by atoms with Gasteiger partial charge < -0.3 is 14.2 Å². The first-order valence-electron chi connectivity index (χ1n) is 12.7. The van der Waals surface area contributed by atoms with Gasteiger partial charge in [0.2, 0.25) is 0 Å². The highest BCUT2D eigenvalue weighted by Crippen LogP contribution is 2.31. The van der Waals surface area contributed by atoms with Gasteiger partial charge in [0.1, 0.15) is 23.7 Å². The zero-order chi connectivity index (χ0) is 28.6. The molecule has 208 valence electrons. The van der Waals surface area contributed by atoms with Gasteiger partial charge in [0.25, 0.3) is 11.8 Å². The first-order chi connectivity index (χ1) is 19.3. The predicted molar refractivity (Wildman–Crippen MR) is 148 cm³/mol. The number of halogens is 2. The Kier molecular flexibility index (Phi) is 9.39. The molecule has 3 aromatic carbocycles. The molecule has 0 aliphatic carbocycles. The van der Waals surface area contributed by atoms with Crippen molar-refractivity contribution in [2.24, 2.45) is 0 Å². The molecule has 0 saturated carbocycles. The van der Waals surface area contributed by atoms with Gasteiger partial charge in [-0.15, -0.1) is 0 Å². The van der Waals surface area contributed by atoms with Crippen LogP contribution < -0.4 is 19.5 Å². The van der Waals surface area contributed by atoms with E-state index in [9.17, 15) is 18.8 Å². The molecule has 0 radical (unpaired) electrons. The number of ether oxygens (including phenoxy) is 3. The van der Waals surface area contributed by atoms with Crippen LogP contribution in [0.25, 0.3) is 6.08 Å². The Labute approximate surface area is 236 Å². The Bertz CT molecular complexity index is 1460. The minimum Gasteiger partial charge on any atom is -0.490 e. The van der Waals surface area contributed by atoms with Crippen LogP contribution in [0.4, 0.5) is 9.18 Å². The van der Waals surface area contributed by atoms with Crippen molar-refractivity contribution < 1.29 is 33.0 Å². The molecule has 3 aromatic rings. The van der Waals surface area contributed by atoms with Crippen molar-refractivity contribution in [3.8, 4) is 17.2 Å². The van der Waals surface area contributed by atoms with Crippen LogP contribution in [-0.2, 0) is 22.7 Å². The van der Waals surface area contributed by atoms with E-state index in [2.05, 4.69) is 5.32 Å². The van der Waals surface area contributed by atoms with Gasteiger partial charge in [0.05, 0.1) is 19.8 Å². The smallest absolute Gasteiger partial charge is 0.331 e. The van der Waals surface area contributed by atoms with Gasteiger partial charge in [-0.1, -0.05) is 36.7 Å². The maximum atomic E-state index is 13.6. The van der Waals surface area contributed by atoms with Crippen molar-refractivity contribution in [3.63, 3.8) is 0 Å². The molecule has 0 atom stereocenters. The first-order valence-corrected chi connectivity index (χ1v) is 13.1. The molecule has 1 aliphatic rings. The number of carbonyl (C=O) groups is 3. The van der Waals surface area contributed by atoms with E-state index in [1.165, 1.54) is 24.3 Å². The Morgan fingerprint density at radius 1 is 0.900 bits per heavy atom. The molecule has 10 heteroatoms. The van der Waals surface area contributed by atoms with Gasteiger partial charge in [-0.2, -0.15) is 0 Å². The fourth-order valence-corrected chi connectivity index (χ4v) is 4.16. The molecule has 1 aliphatic heterocycles. The van der Waals surface area contributed by atoms with Gasteiger partial charge >= 0.3 is 6.03 Å². The summed E-state index contributed by atoms with van der Waals surface area (Å²) in [4.78, 5) is 39.7. The van der Waals surface area contributed by atoms with Crippen molar-refractivity contribution in [3.05, 3.63) is 93.8 Å². The van der Waals surface area contributed by atoms with Crippen LogP contribution in [0.2, 0.25) is 5.02 Å². The largest absolute Gasteiger partial charge is 0.490 e. The molecule has 8 nitrogen and oxygen atoms in total. The quantitative estimate of drug-likeness (QED) is 0.229. The predicted octanol–water partition coefficient (Wildman–Crippen LogP) is 5.91. The summed E-state index contributed by atoms with van der Waals surface area (Å²) in [6.45, 7) is 4.68. The van der Waals surface area contributed by atoms with Gasteiger partial charge in [-0.3, -0.25) is 19.8 Å². The topological polar surface area (TPSA) is 94.2 Å². The zero-order valence-corrected chi connectivity index (χ0v) is 22.8. The SMILES string of the molecule is CCCOc1ccc(CN2C(=O)NC(=O)/C(=C\c3cc(Cl)ccc3OCc3cccc(F)c3)C2=O)cc1OCC. The van der Waals surface area contributed by atoms with Crippen LogP contribution in [-0.4, -0.2) is 36.0 Å². The molecule has 1 N–H and O–H groups in total. The minimum atomic E-state index is -0.847. The average molecular weight is 567 g/mol. The molecular formula is C30H28ClFN2O6. The lowest BCUT2D eigenvalue weighted by atomic mass is 10.1. The van der Waals surface area contributed by atoms with Crippen LogP contribution in [0, 0.1) is 5.82 Å². The molecule has 4 rings (SSSR count). The van der Waals surface area contributed by atoms with E-state index < -0.39 is 23.7 Å². The molecule has 40 heavy (non-hydrogen) atoms. The normalized spacial score (nSPS) is 14.3. The summed E-state index contributed by atoms with van der Waals surface area (Å²) in [5.74, 6) is -0.664. The summed E-state index contributed by atoms with van der Waals surface area (Å²) < 4.78 is 30.8. The van der Waals surface area contributed by atoms with E-state index in [-0.39, 0.29) is 18.7 Å². The fourth-order valence-electron chi connectivity index (χ4n) is 3.98. The number of hydrogen-bond acceptors (Lipinski definition) is 6. The highest BCUT2D eigenvalue weighted by molar-refractivity contribution is 6.32. The van der Waals surface area contributed by atoms with Crippen LogP contribution in [0.5, 0.6) is 17.2 Å². The second-order valence-electron chi connectivity index (χ2n) is 8.87. The van der Waals surface area contributed by atoms with E-state index in [4.69, 9.17) is 25.8 Å². The van der Waals surface area contributed by atoms with E-state index >= 15 is 0 Å². The van der Waals surface area contributed by atoms with Crippen molar-refractivity contribution in [2.45, 2.75) is 33.4 Å². The van der Waals surface area contributed by atoms with E-state index in [0.717, 1.165) is 11.3 Å². The molecule has 1 fully saturated rings. The molecule has 1 heterocycles. The van der Waals surface area contributed by atoms with Crippen molar-refractivity contribution in [1.82, 2.24) is 10.2 Å². The lowest BCUT2D eigenvalue weighted by molar-refractivity contribution is -0.130. The Morgan fingerprint density at radius 3 is 2.45 bits per heavy atom. The summed E-state index contributed by atoms with van der Waals surface area (Å²) in [5.41, 5.74) is 1.26. The average Bonchev–Trinajstić information content (AvgIpc) is 2.92. The fraction of sp³-hybridized carbons (Fsp3) is 0.233. The minimum absolute atomic E-state index is 0.0421. The van der Waals surface area contributed by atoms with Crippen molar-refractivity contribution in [1.29, 1.82) is 0 Å². The second-order valence-corrected chi connectivity index (χ2v) is 9.31. The molecular weight excluding hydrogens is 539 g/mol. The third-order valence-electron chi connectivity index (χ3n) is 5.85. The number of benzene rings is 3. The summed E-state index contributed by atoms with van der Waals surface area (Å²) >= 11 is 6.18. The summed E-state index contributed by atoms with van der Waals surface area (Å²) in [6.07, 6.45) is 2.14. The van der Waals surface area contributed by atoms with Gasteiger partial charge in [-0.05, 0) is 73.0 Å². The van der Waals surface area contributed by atoms with Crippen LogP contribution in [0.3, 0.4) is 0 Å². The summed E-state index contributed by atoms with van der Waals surface area (Å²) in [5, 5.41) is 2.56. The molecule has 4 amide bonds. The number of rotatable bonds is 11. The van der Waals surface area contributed by atoms with Crippen LogP contribution in [0.15, 0.2) is 66.2 Å². The lowest BCUT2D eigenvalue weighted by Crippen LogP contribution is -2.53. The number of hydrogen-bond donors (Lipinski definition) is 1. The zero-order valence-electron chi connectivity index (χ0n) is 22.0. The van der Waals surface area contributed by atoms with Gasteiger partial charge in [0.15, 0.2) is 11.5 Å². The van der Waals surface area contributed by atoms with E-state index in [0.29, 0.717) is 52.2 Å². The number of barbiturate groups is 1. The highest BCUT2D eigenvalue weighted by atomic mass is 35.5. The van der Waals surface area contributed by atoms with Gasteiger partial charge in [0, 0.05) is 10.6 Å². The number of nitrogens with zero attached hydrogens (tertiary/aromatic N) is 1. The second kappa shape index (κ2) is 13.1. The standard InChI is InChI=1S/C30H28ClFN2O6/c1-3-12-39-26-10-8-19(14-27(26)38-4-2)17-34-29(36)24(28(35)33-30(34)37)16-21-15-22(31)9-11-25(21)40-18-20-6-5-7-23(32)13-20/h5-11,13-16H,3-4,12,17-18H2,1-2H3,(H,33,35,37)/b24-16+. The van der Waals surface area contributed by atoms with E-state index in [1.54, 1.807) is 42.5 Å². The number of urea groups is 1. The third-order valence-corrected chi connectivity index (χ3v) is 6.09. The van der Waals surface area contributed by atoms with Crippen LogP contribution in [0.1, 0.15) is 37.0 Å². The molecule has 1 saturated heterocycles. The first kappa shape index (κ1) is 28.6. The Morgan fingerprint density at radius 2 is 1.70 bits per heavy atom. The summed E-state index contributed by atoms with van der Waals surface area (Å²) in [7, 11) is 0. The van der Waals surface area contributed by atoms with Crippen LogP contribution >= 0.6 is 11.6 Å². The Hall–Kier alpha value is -4.37. The molecule has 0 unspecified atom stereocenters. The number of amides is 4. The molecule has 0 bridgehead atoms. The van der Waals surface area contributed by atoms with Gasteiger partial charge in [-0.25, -0.2) is 9.18 Å². The third kappa shape index (κ3) is 6.98. The monoisotopic (exact) mass is 566 g/mol. The van der Waals surface area contributed by atoms with Crippen molar-refractivity contribution >= 4 is 35.5 Å². The maximum Gasteiger partial charge on any atom is 0.331 e. The molecule has 0 spiro atoms. The van der Waals surface area contributed by atoms with E-state index in [1.807, 2.05) is 13.8 Å². The van der Waals surface area contributed by atoms with Crippen molar-refractivity contribution in [2.75, 3.05) is 13.2 Å². The summed E-state index contributed by atoms with van der Waals surface area (Å²) in [6, 6.07) is 14.9. The highest BCUT2D eigenvalue weighted by Gasteiger charge is 2.36. The maximum absolute atomic E-state index is 13.6. The lowest BCUT2D eigenvalue weighted by Gasteiger charge is -2.27. The number of carbonyl (C=O) groups excluding carboxylic acids is 3. The Balaban J connectivity index is 1.59. The number of imide groups is 2. The molecule has 0 aromatic heterocycles.